The highest BCUT2D eigenvalue weighted by atomic mass is 19.1. The van der Waals surface area contributed by atoms with Crippen LogP contribution in [0.3, 0.4) is 0 Å². The summed E-state index contributed by atoms with van der Waals surface area (Å²) in [5.41, 5.74) is 6.40. The van der Waals surface area contributed by atoms with Crippen LogP contribution < -0.4 is 5.73 Å². The number of hydrogen-bond acceptors (Lipinski definition) is 2. The van der Waals surface area contributed by atoms with Crippen LogP contribution in [0.5, 0.6) is 0 Å². The number of rotatable bonds is 1. The highest BCUT2D eigenvalue weighted by molar-refractivity contribution is 5.69. The molecule has 102 valence electrons. The number of nitrogens with two attached hydrogens (primary N) is 1. The van der Waals surface area contributed by atoms with Crippen molar-refractivity contribution >= 4 is 5.69 Å². The molecule has 1 aromatic carbocycles. The molecule has 1 heterocycles. The Morgan fingerprint density at radius 1 is 1.11 bits per heavy atom. The second-order valence-electron chi connectivity index (χ2n) is 5.67. The fourth-order valence-electron chi connectivity index (χ4n) is 2.01. The van der Waals surface area contributed by atoms with E-state index in [1.165, 1.54) is 0 Å². The van der Waals surface area contributed by atoms with E-state index in [0.717, 1.165) is 17.8 Å². The third-order valence-corrected chi connectivity index (χ3v) is 2.92. The van der Waals surface area contributed by atoms with Crippen LogP contribution in [0.2, 0.25) is 0 Å². The first-order valence-electron chi connectivity index (χ1n) is 5.99. The zero-order valence-electron chi connectivity index (χ0n) is 11.5. The largest absolute Gasteiger partial charge is 0.396 e. The van der Waals surface area contributed by atoms with Crippen LogP contribution in [0.4, 0.5) is 14.5 Å². The van der Waals surface area contributed by atoms with Crippen LogP contribution in [0.1, 0.15) is 26.5 Å². The fraction of sp³-hybridized carbons (Fsp3) is 0.357. The van der Waals surface area contributed by atoms with E-state index in [1.54, 1.807) is 17.9 Å². The lowest BCUT2D eigenvalue weighted by Gasteiger charge is -2.18. The Labute approximate surface area is 111 Å². The van der Waals surface area contributed by atoms with E-state index in [4.69, 9.17) is 5.73 Å². The summed E-state index contributed by atoms with van der Waals surface area (Å²) in [6.07, 6.45) is 1.69. The van der Waals surface area contributed by atoms with Crippen molar-refractivity contribution in [1.29, 1.82) is 0 Å². The number of halogens is 2. The molecule has 2 rings (SSSR count). The third kappa shape index (κ3) is 2.45. The Morgan fingerprint density at radius 3 is 2.32 bits per heavy atom. The van der Waals surface area contributed by atoms with Crippen LogP contribution in [0, 0.1) is 11.6 Å². The molecule has 0 radical (unpaired) electrons. The molecule has 2 N–H and O–H groups in total. The summed E-state index contributed by atoms with van der Waals surface area (Å²) in [5, 5.41) is 4.35. The monoisotopic (exact) mass is 265 g/mol. The smallest absolute Gasteiger partial charge is 0.146 e. The maximum Gasteiger partial charge on any atom is 0.146 e. The highest BCUT2D eigenvalue weighted by Gasteiger charge is 2.24. The minimum atomic E-state index is -0.625. The van der Waals surface area contributed by atoms with Gasteiger partial charge in [-0.2, -0.15) is 5.10 Å². The van der Waals surface area contributed by atoms with Gasteiger partial charge in [-0.05, 0) is 6.07 Å². The lowest BCUT2D eigenvalue weighted by Crippen LogP contribution is -2.14. The minimum absolute atomic E-state index is 0.185. The molecule has 0 amide bonds. The lowest BCUT2D eigenvalue weighted by molar-refractivity contribution is 0.553. The third-order valence-electron chi connectivity index (χ3n) is 2.92. The maximum absolute atomic E-state index is 14.0. The molecule has 0 bridgehead atoms. The SMILES string of the molecule is Cn1cc(-c2cc(F)c(N)cc2F)c(C(C)(C)C)n1. The van der Waals surface area contributed by atoms with Gasteiger partial charge in [0, 0.05) is 35.9 Å². The number of benzene rings is 1. The maximum atomic E-state index is 14.0. The normalized spacial score (nSPS) is 11.9. The van der Waals surface area contributed by atoms with Crippen LogP contribution in [0.15, 0.2) is 18.3 Å². The first kappa shape index (κ1) is 13.5. The van der Waals surface area contributed by atoms with Gasteiger partial charge in [0.2, 0.25) is 0 Å². The molecule has 5 heteroatoms. The van der Waals surface area contributed by atoms with Crippen molar-refractivity contribution in [2.75, 3.05) is 5.73 Å². The van der Waals surface area contributed by atoms with E-state index < -0.39 is 11.6 Å². The molecule has 2 aromatic rings. The molecule has 3 nitrogen and oxygen atoms in total. The van der Waals surface area contributed by atoms with Crippen LogP contribution in [-0.4, -0.2) is 9.78 Å². The van der Waals surface area contributed by atoms with Crippen molar-refractivity contribution in [2.45, 2.75) is 26.2 Å². The summed E-state index contributed by atoms with van der Waals surface area (Å²) in [7, 11) is 1.75. The molecular weight excluding hydrogens is 248 g/mol. The molecule has 0 aliphatic carbocycles. The minimum Gasteiger partial charge on any atom is -0.396 e. The fourth-order valence-corrected chi connectivity index (χ4v) is 2.01. The summed E-state index contributed by atoms with van der Waals surface area (Å²) in [6, 6.07) is 2.13. The summed E-state index contributed by atoms with van der Waals surface area (Å²) in [5.74, 6) is -1.17. The molecule has 0 unspecified atom stereocenters. The van der Waals surface area contributed by atoms with E-state index in [2.05, 4.69) is 5.10 Å². The van der Waals surface area contributed by atoms with Gasteiger partial charge >= 0.3 is 0 Å². The molecule has 0 aliphatic rings. The van der Waals surface area contributed by atoms with Gasteiger partial charge in [-0.1, -0.05) is 20.8 Å². The van der Waals surface area contributed by atoms with Crippen molar-refractivity contribution in [2.24, 2.45) is 7.05 Å². The average Bonchev–Trinajstić information content (AvgIpc) is 2.65. The summed E-state index contributed by atoms with van der Waals surface area (Å²) in [4.78, 5) is 0. The van der Waals surface area contributed by atoms with Gasteiger partial charge in [-0.3, -0.25) is 4.68 Å². The number of hydrogen-bond donors (Lipinski definition) is 1. The van der Waals surface area contributed by atoms with E-state index in [-0.39, 0.29) is 16.7 Å². The lowest BCUT2D eigenvalue weighted by atomic mass is 9.87. The number of nitrogens with zero attached hydrogens (tertiary/aromatic N) is 2. The van der Waals surface area contributed by atoms with Gasteiger partial charge < -0.3 is 5.73 Å². The first-order valence-corrected chi connectivity index (χ1v) is 5.99. The van der Waals surface area contributed by atoms with Crippen molar-refractivity contribution in [1.82, 2.24) is 9.78 Å². The Hall–Kier alpha value is -1.91. The van der Waals surface area contributed by atoms with Gasteiger partial charge in [0.1, 0.15) is 11.6 Å². The van der Waals surface area contributed by atoms with Crippen LogP contribution >= 0.6 is 0 Å². The molecule has 0 saturated heterocycles. The summed E-state index contributed by atoms with van der Waals surface area (Å²) < 4.78 is 29.2. The van der Waals surface area contributed by atoms with Crippen LogP contribution in [-0.2, 0) is 12.5 Å². The Bertz CT molecular complexity index is 624. The molecule has 0 spiro atoms. The summed E-state index contributed by atoms with van der Waals surface area (Å²) in [6.45, 7) is 5.93. The molecule has 0 saturated carbocycles. The van der Waals surface area contributed by atoms with Gasteiger partial charge in [0.25, 0.3) is 0 Å². The number of anilines is 1. The van der Waals surface area contributed by atoms with Gasteiger partial charge in [-0.25, -0.2) is 8.78 Å². The van der Waals surface area contributed by atoms with E-state index in [9.17, 15) is 8.78 Å². The molecule has 0 atom stereocenters. The zero-order valence-corrected chi connectivity index (χ0v) is 11.5. The molecular formula is C14H17F2N3. The van der Waals surface area contributed by atoms with Crippen molar-refractivity contribution in [3.05, 3.63) is 35.7 Å². The highest BCUT2D eigenvalue weighted by Crippen LogP contribution is 2.34. The average molecular weight is 265 g/mol. The first-order chi connectivity index (χ1) is 8.70. The predicted octanol–water partition coefficient (Wildman–Crippen LogP) is 3.25. The van der Waals surface area contributed by atoms with Gasteiger partial charge in [0.15, 0.2) is 0 Å². The molecule has 1 aromatic heterocycles. The van der Waals surface area contributed by atoms with Gasteiger partial charge in [-0.15, -0.1) is 0 Å². The van der Waals surface area contributed by atoms with Crippen molar-refractivity contribution in [3.8, 4) is 11.1 Å². The number of aromatic nitrogens is 2. The van der Waals surface area contributed by atoms with E-state index in [0.29, 0.717) is 5.56 Å². The Morgan fingerprint density at radius 2 is 1.74 bits per heavy atom. The molecule has 0 aliphatic heterocycles. The topological polar surface area (TPSA) is 43.8 Å². The zero-order chi connectivity index (χ0) is 14.4. The number of nitrogen functional groups attached to an aromatic ring is 1. The molecule has 19 heavy (non-hydrogen) atoms. The van der Waals surface area contributed by atoms with Crippen molar-refractivity contribution in [3.63, 3.8) is 0 Å². The van der Waals surface area contributed by atoms with E-state index in [1.807, 2.05) is 20.8 Å². The van der Waals surface area contributed by atoms with Crippen LogP contribution in [0.25, 0.3) is 11.1 Å². The summed E-state index contributed by atoms with van der Waals surface area (Å²) >= 11 is 0. The number of aryl methyl sites for hydroxylation is 1. The Balaban J connectivity index is 2.69. The molecule has 0 fully saturated rings. The second-order valence-corrected chi connectivity index (χ2v) is 5.67. The Kier molecular flexibility index (Phi) is 3.08. The van der Waals surface area contributed by atoms with Gasteiger partial charge in [0.05, 0.1) is 11.4 Å². The van der Waals surface area contributed by atoms with Crippen molar-refractivity contribution < 1.29 is 8.78 Å². The quantitative estimate of drug-likeness (QED) is 0.804. The predicted molar refractivity (Wildman–Crippen MR) is 71.7 cm³/mol. The second kappa shape index (κ2) is 4.33. The standard InChI is InChI=1S/C14H17F2N3/c1-14(2,3)13-9(7-19(4)18-13)8-5-11(16)12(17)6-10(8)15/h5-7H,17H2,1-4H3. The van der Waals surface area contributed by atoms with E-state index >= 15 is 0 Å².